The van der Waals surface area contributed by atoms with E-state index in [1.807, 2.05) is 6.92 Å². The second-order valence-electron chi connectivity index (χ2n) is 5.35. The van der Waals surface area contributed by atoms with Gasteiger partial charge in [-0.2, -0.15) is 0 Å². The summed E-state index contributed by atoms with van der Waals surface area (Å²) in [4.78, 5) is 10.7. The maximum Gasteiger partial charge on any atom is 0.328 e. The average Bonchev–Trinajstić information content (AvgIpc) is 2.34. The standard InChI is InChI=1S/C15H19NO4S/c1-11(13-5-3-6-13)16-21(19,20)14-7-2-4-12(10-14)8-9-15(17)18/h2,4,7-11,13,16H,3,5-6H2,1H3,(H,17,18)/b9-8+. The molecule has 1 atom stereocenters. The summed E-state index contributed by atoms with van der Waals surface area (Å²) in [6.45, 7) is 1.88. The first-order valence-electron chi connectivity index (χ1n) is 6.92. The van der Waals surface area contributed by atoms with Crippen molar-refractivity contribution in [2.24, 2.45) is 5.92 Å². The van der Waals surface area contributed by atoms with Crippen molar-refractivity contribution in [1.82, 2.24) is 4.72 Å². The third kappa shape index (κ3) is 4.15. The number of sulfonamides is 1. The summed E-state index contributed by atoms with van der Waals surface area (Å²) in [6.07, 6.45) is 5.63. The van der Waals surface area contributed by atoms with Crippen molar-refractivity contribution in [1.29, 1.82) is 0 Å². The van der Waals surface area contributed by atoms with Crippen molar-refractivity contribution >= 4 is 22.1 Å². The smallest absolute Gasteiger partial charge is 0.328 e. The molecule has 21 heavy (non-hydrogen) atoms. The highest BCUT2D eigenvalue weighted by Crippen LogP contribution is 2.30. The molecule has 0 radical (unpaired) electrons. The first-order chi connectivity index (χ1) is 9.88. The van der Waals surface area contributed by atoms with Crippen LogP contribution in [0.15, 0.2) is 35.2 Å². The Hall–Kier alpha value is -1.66. The number of aliphatic carboxylic acids is 1. The van der Waals surface area contributed by atoms with Gasteiger partial charge in [0, 0.05) is 12.1 Å². The minimum absolute atomic E-state index is 0.0815. The van der Waals surface area contributed by atoms with E-state index in [1.165, 1.54) is 18.2 Å². The predicted molar refractivity (Wildman–Crippen MR) is 80.2 cm³/mol. The van der Waals surface area contributed by atoms with Crippen LogP contribution in [0.25, 0.3) is 6.08 Å². The van der Waals surface area contributed by atoms with Crippen LogP contribution >= 0.6 is 0 Å². The molecule has 1 fully saturated rings. The summed E-state index contributed by atoms with van der Waals surface area (Å²) in [7, 11) is -3.57. The van der Waals surface area contributed by atoms with Gasteiger partial charge in [-0.05, 0) is 49.5 Å². The molecule has 1 aliphatic carbocycles. The van der Waals surface area contributed by atoms with Gasteiger partial charge in [-0.25, -0.2) is 17.9 Å². The van der Waals surface area contributed by atoms with E-state index in [1.54, 1.807) is 12.1 Å². The SMILES string of the molecule is CC(NS(=O)(=O)c1cccc(/C=C/C(=O)O)c1)C1CCC1. The molecule has 1 aromatic carbocycles. The Bertz CT molecular complexity index is 647. The first-order valence-corrected chi connectivity index (χ1v) is 8.40. The van der Waals surface area contributed by atoms with E-state index < -0.39 is 16.0 Å². The van der Waals surface area contributed by atoms with E-state index in [0.29, 0.717) is 11.5 Å². The molecule has 0 aromatic heterocycles. The summed E-state index contributed by atoms with van der Waals surface area (Å²) < 4.78 is 27.4. The minimum Gasteiger partial charge on any atom is -0.478 e. The predicted octanol–water partition coefficient (Wildman–Crippen LogP) is 2.25. The van der Waals surface area contributed by atoms with E-state index in [2.05, 4.69) is 4.72 Å². The fraction of sp³-hybridized carbons (Fsp3) is 0.400. The Kier molecular flexibility index (Phi) is 4.80. The molecular weight excluding hydrogens is 290 g/mol. The molecule has 0 aliphatic heterocycles. The van der Waals surface area contributed by atoms with Crippen LogP contribution < -0.4 is 4.72 Å². The van der Waals surface area contributed by atoms with Gasteiger partial charge in [0.15, 0.2) is 0 Å². The van der Waals surface area contributed by atoms with Crippen molar-refractivity contribution in [3.63, 3.8) is 0 Å². The van der Waals surface area contributed by atoms with Crippen molar-refractivity contribution in [3.05, 3.63) is 35.9 Å². The van der Waals surface area contributed by atoms with Crippen LogP contribution in [0, 0.1) is 5.92 Å². The van der Waals surface area contributed by atoms with Crippen LogP contribution in [-0.2, 0) is 14.8 Å². The van der Waals surface area contributed by atoms with Gasteiger partial charge in [0.25, 0.3) is 0 Å². The largest absolute Gasteiger partial charge is 0.478 e. The lowest BCUT2D eigenvalue weighted by atomic mass is 9.81. The van der Waals surface area contributed by atoms with Crippen LogP contribution in [0.1, 0.15) is 31.7 Å². The first kappa shape index (κ1) is 15.7. The second kappa shape index (κ2) is 6.41. The van der Waals surface area contributed by atoms with E-state index in [0.717, 1.165) is 25.3 Å². The summed E-state index contributed by atoms with van der Waals surface area (Å²) in [5, 5.41) is 8.60. The van der Waals surface area contributed by atoms with Crippen LogP contribution in [0.4, 0.5) is 0 Å². The number of nitrogens with one attached hydrogen (secondary N) is 1. The maximum atomic E-state index is 12.3. The quantitative estimate of drug-likeness (QED) is 0.789. The molecule has 1 aromatic rings. The third-order valence-electron chi connectivity index (χ3n) is 3.78. The molecule has 0 heterocycles. The lowest BCUT2D eigenvalue weighted by Gasteiger charge is -2.31. The van der Waals surface area contributed by atoms with Gasteiger partial charge >= 0.3 is 5.97 Å². The Balaban J connectivity index is 2.15. The normalized spacial score (nSPS) is 17.6. The lowest BCUT2D eigenvalue weighted by molar-refractivity contribution is -0.131. The van der Waals surface area contributed by atoms with Crippen molar-refractivity contribution in [3.8, 4) is 0 Å². The topological polar surface area (TPSA) is 83.5 Å². The van der Waals surface area contributed by atoms with Gasteiger partial charge in [-0.15, -0.1) is 0 Å². The lowest BCUT2D eigenvalue weighted by Crippen LogP contribution is -2.40. The summed E-state index contributed by atoms with van der Waals surface area (Å²) in [5.74, 6) is -0.658. The Labute approximate surface area is 124 Å². The minimum atomic E-state index is -3.57. The number of benzene rings is 1. The van der Waals surface area contributed by atoms with Crippen molar-refractivity contribution in [2.45, 2.75) is 37.1 Å². The van der Waals surface area contributed by atoms with Gasteiger partial charge in [-0.1, -0.05) is 18.6 Å². The molecule has 2 rings (SSSR count). The average molecular weight is 309 g/mol. The molecule has 1 saturated carbocycles. The van der Waals surface area contributed by atoms with Crippen LogP contribution in [-0.4, -0.2) is 25.5 Å². The van der Waals surface area contributed by atoms with Gasteiger partial charge in [0.2, 0.25) is 10.0 Å². The van der Waals surface area contributed by atoms with E-state index in [9.17, 15) is 13.2 Å². The van der Waals surface area contributed by atoms with Gasteiger partial charge < -0.3 is 5.11 Å². The Morgan fingerprint density at radius 1 is 1.43 bits per heavy atom. The van der Waals surface area contributed by atoms with Gasteiger partial charge in [0.05, 0.1) is 4.90 Å². The molecular formula is C15H19NO4S. The Morgan fingerprint density at radius 2 is 2.14 bits per heavy atom. The molecule has 2 N–H and O–H groups in total. The molecule has 1 aliphatic rings. The molecule has 5 nitrogen and oxygen atoms in total. The fourth-order valence-electron chi connectivity index (χ4n) is 2.30. The van der Waals surface area contributed by atoms with Crippen LogP contribution in [0.3, 0.4) is 0 Å². The van der Waals surface area contributed by atoms with E-state index >= 15 is 0 Å². The summed E-state index contributed by atoms with van der Waals surface area (Å²) in [5.41, 5.74) is 0.538. The number of carbonyl (C=O) groups is 1. The molecule has 0 saturated heterocycles. The van der Waals surface area contributed by atoms with Crippen molar-refractivity contribution in [2.75, 3.05) is 0 Å². The molecule has 6 heteroatoms. The van der Waals surface area contributed by atoms with Gasteiger partial charge in [0.1, 0.15) is 0 Å². The summed E-state index contributed by atoms with van der Waals surface area (Å²) in [6, 6.07) is 6.16. The molecule has 0 bridgehead atoms. The number of carboxylic acids is 1. The molecule has 0 spiro atoms. The van der Waals surface area contributed by atoms with E-state index in [4.69, 9.17) is 5.11 Å². The molecule has 114 valence electrons. The highest BCUT2D eigenvalue weighted by Gasteiger charge is 2.27. The zero-order chi connectivity index (χ0) is 15.5. The number of carboxylic acid groups (broad SMARTS) is 1. The zero-order valence-corrected chi connectivity index (χ0v) is 12.6. The van der Waals surface area contributed by atoms with Crippen molar-refractivity contribution < 1.29 is 18.3 Å². The highest BCUT2D eigenvalue weighted by atomic mass is 32.2. The monoisotopic (exact) mass is 309 g/mol. The molecule has 1 unspecified atom stereocenters. The number of hydrogen-bond acceptors (Lipinski definition) is 3. The van der Waals surface area contributed by atoms with Crippen LogP contribution in [0.5, 0.6) is 0 Å². The zero-order valence-electron chi connectivity index (χ0n) is 11.8. The summed E-state index contributed by atoms with van der Waals surface area (Å²) >= 11 is 0. The molecule has 0 amide bonds. The highest BCUT2D eigenvalue weighted by molar-refractivity contribution is 7.89. The number of hydrogen-bond donors (Lipinski definition) is 2. The van der Waals surface area contributed by atoms with Gasteiger partial charge in [-0.3, -0.25) is 0 Å². The number of rotatable bonds is 6. The van der Waals surface area contributed by atoms with Crippen LogP contribution in [0.2, 0.25) is 0 Å². The van der Waals surface area contributed by atoms with E-state index in [-0.39, 0.29) is 10.9 Å². The third-order valence-corrected chi connectivity index (χ3v) is 5.34. The maximum absolute atomic E-state index is 12.3. The fourth-order valence-corrected chi connectivity index (χ4v) is 3.67. The Morgan fingerprint density at radius 3 is 2.71 bits per heavy atom. The second-order valence-corrected chi connectivity index (χ2v) is 7.06.